The van der Waals surface area contributed by atoms with Crippen LogP contribution in [0.3, 0.4) is 0 Å². The highest BCUT2D eigenvalue weighted by atomic mass is 35.5. The van der Waals surface area contributed by atoms with Gasteiger partial charge in [0.15, 0.2) is 0 Å². The molecule has 0 radical (unpaired) electrons. The predicted molar refractivity (Wildman–Crippen MR) is 111 cm³/mol. The van der Waals surface area contributed by atoms with E-state index in [0.29, 0.717) is 13.0 Å². The summed E-state index contributed by atoms with van der Waals surface area (Å²) in [5.41, 5.74) is 3.41. The Morgan fingerprint density at radius 3 is 2.65 bits per heavy atom. The fourth-order valence-corrected chi connectivity index (χ4v) is 3.73. The van der Waals surface area contributed by atoms with Crippen LogP contribution in [0.5, 0.6) is 0 Å². The summed E-state index contributed by atoms with van der Waals surface area (Å²) < 4.78 is 5.39. The Kier molecular flexibility index (Phi) is 8.98. The zero-order valence-corrected chi connectivity index (χ0v) is 16.3. The second-order valence-electron chi connectivity index (χ2n) is 6.16. The van der Waals surface area contributed by atoms with E-state index in [1.54, 1.807) is 0 Å². The standard InChI is InChI=1S/C20H24N2O2S.ClH/c23-20(12-19-13-24-10-9-21-19)22-18-8-4-7-17(11-18)15-25-14-16-5-2-1-3-6-16;/h1-8,11,19,21H,9-10,12-15H2,(H,22,23);1H. The largest absolute Gasteiger partial charge is 0.378 e. The van der Waals surface area contributed by atoms with Crippen LogP contribution in [0, 0.1) is 0 Å². The van der Waals surface area contributed by atoms with Crippen LogP contribution in [0.25, 0.3) is 0 Å². The van der Waals surface area contributed by atoms with Gasteiger partial charge in [-0.2, -0.15) is 11.8 Å². The number of halogens is 1. The maximum Gasteiger partial charge on any atom is 0.226 e. The summed E-state index contributed by atoms with van der Waals surface area (Å²) in [6.45, 7) is 2.14. The molecule has 0 aliphatic carbocycles. The average Bonchev–Trinajstić information content (AvgIpc) is 2.64. The van der Waals surface area contributed by atoms with Gasteiger partial charge in [0, 0.05) is 36.2 Å². The number of morpholine rings is 1. The number of benzene rings is 2. The van der Waals surface area contributed by atoms with E-state index in [1.807, 2.05) is 30.0 Å². The first kappa shape index (κ1) is 20.8. The Hall–Kier alpha value is -1.53. The molecule has 6 heteroatoms. The van der Waals surface area contributed by atoms with Crippen LogP contribution in [0.15, 0.2) is 54.6 Å². The quantitative estimate of drug-likeness (QED) is 0.751. The Balaban J connectivity index is 0.00000243. The van der Waals surface area contributed by atoms with Gasteiger partial charge in [0.2, 0.25) is 5.91 Å². The van der Waals surface area contributed by atoms with Crippen LogP contribution >= 0.6 is 24.2 Å². The lowest BCUT2D eigenvalue weighted by Gasteiger charge is -2.23. The van der Waals surface area contributed by atoms with Crippen molar-refractivity contribution in [1.29, 1.82) is 0 Å². The molecule has 1 aliphatic heterocycles. The van der Waals surface area contributed by atoms with Crippen molar-refractivity contribution in [1.82, 2.24) is 5.32 Å². The Bertz CT molecular complexity index is 679. The number of hydrogen-bond acceptors (Lipinski definition) is 4. The molecule has 1 atom stereocenters. The number of carbonyl (C=O) groups excluding carboxylic acids is 1. The number of rotatable bonds is 7. The van der Waals surface area contributed by atoms with Crippen molar-refractivity contribution in [2.75, 3.05) is 25.1 Å². The van der Waals surface area contributed by atoms with E-state index in [1.165, 1.54) is 11.1 Å². The zero-order chi connectivity index (χ0) is 17.3. The second-order valence-corrected chi connectivity index (χ2v) is 7.14. The smallest absolute Gasteiger partial charge is 0.226 e. The van der Waals surface area contributed by atoms with Crippen LogP contribution in [-0.2, 0) is 21.0 Å². The van der Waals surface area contributed by atoms with Gasteiger partial charge in [-0.25, -0.2) is 0 Å². The molecule has 3 rings (SSSR count). The molecule has 4 nitrogen and oxygen atoms in total. The molecule has 140 valence electrons. The number of carbonyl (C=O) groups is 1. The summed E-state index contributed by atoms with van der Waals surface area (Å²) in [4.78, 5) is 12.2. The van der Waals surface area contributed by atoms with E-state index in [-0.39, 0.29) is 24.4 Å². The van der Waals surface area contributed by atoms with Gasteiger partial charge < -0.3 is 15.4 Å². The fourth-order valence-electron chi connectivity index (χ4n) is 2.79. The summed E-state index contributed by atoms with van der Waals surface area (Å²) in [5, 5.41) is 6.30. The van der Waals surface area contributed by atoms with Crippen LogP contribution in [-0.4, -0.2) is 31.7 Å². The van der Waals surface area contributed by atoms with Crippen LogP contribution in [0.1, 0.15) is 17.5 Å². The number of hydrogen-bond donors (Lipinski definition) is 2. The molecule has 26 heavy (non-hydrogen) atoms. The number of anilines is 1. The molecule has 0 bridgehead atoms. The number of nitrogens with one attached hydrogen (secondary N) is 2. The molecule has 1 amide bonds. The zero-order valence-electron chi connectivity index (χ0n) is 14.6. The summed E-state index contributed by atoms with van der Waals surface area (Å²) in [6.07, 6.45) is 0.437. The molecule has 0 saturated carbocycles. The first-order valence-corrected chi connectivity index (χ1v) is 9.76. The van der Waals surface area contributed by atoms with Crippen molar-refractivity contribution < 1.29 is 9.53 Å². The van der Waals surface area contributed by atoms with Crippen LogP contribution in [0.4, 0.5) is 5.69 Å². The normalized spacial score (nSPS) is 16.5. The van der Waals surface area contributed by atoms with Gasteiger partial charge in [0.25, 0.3) is 0 Å². The highest BCUT2D eigenvalue weighted by Gasteiger charge is 2.16. The van der Waals surface area contributed by atoms with E-state index < -0.39 is 0 Å². The third-order valence-electron chi connectivity index (χ3n) is 4.02. The van der Waals surface area contributed by atoms with Gasteiger partial charge in [-0.05, 0) is 23.3 Å². The summed E-state index contributed by atoms with van der Waals surface area (Å²) >= 11 is 1.88. The molecular weight excluding hydrogens is 368 g/mol. The first-order chi connectivity index (χ1) is 12.3. The minimum absolute atomic E-state index is 0. The van der Waals surface area contributed by atoms with E-state index in [4.69, 9.17) is 4.74 Å². The van der Waals surface area contributed by atoms with Gasteiger partial charge in [0.05, 0.1) is 13.2 Å². The molecule has 1 fully saturated rings. The lowest BCUT2D eigenvalue weighted by molar-refractivity contribution is -0.117. The van der Waals surface area contributed by atoms with Crippen molar-refractivity contribution in [3.8, 4) is 0 Å². The number of amides is 1. The molecular formula is C20H25ClN2O2S. The lowest BCUT2D eigenvalue weighted by Crippen LogP contribution is -2.43. The lowest BCUT2D eigenvalue weighted by atomic mass is 10.1. The molecule has 2 aromatic rings. The summed E-state index contributed by atoms with van der Waals surface area (Å²) in [5.74, 6) is 1.94. The topological polar surface area (TPSA) is 50.4 Å². The molecule has 0 aromatic heterocycles. The van der Waals surface area contributed by atoms with E-state index >= 15 is 0 Å². The van der Waals surface area contributed by atoms with Gasteiger partial charge in [-0.15, -0.1) is 12.4 Å². The van der Waals surface area contributed by atoms with Crippen molar-refractivity contribution >= 4 is 35.8 Å². The van der Waals surface area contributed by atoms with Gasteiger partial charge in [-0.1, -0.05) is 42.5 Å². The van der Waals surface area contributed by atoms with Gasteiger partial charge in [-0.3, -0.25) is 4.79 Å². The average molecular weight is 393 g/mol. The van der Waals surface area contributed by atoms with E-state index in [0.717, 1.165) is 30.3 Å². The minimum atomic E-state index is 0. The summed E-state index contributed by atoms with van der Waals surface area (Å²) in [6, 6.07) is 18.7. The van der Waals surface area contributed by atoms with Gasteiger partial charge >= 0.3 is 0 Å². The molecule has 1 unspecified atom stereocenters. The SMILES string of the molecule is Cl.O=C(CC1COCCN1)Nc1cccc(CSCc2ccccc2)c1. The Morgan fingerprint density at radius 1 is 1.12 bits per heavy atom. The number of ether oxygens (including phenoxy) is 1. The highest BCUT2D eigenvalue weighted by Crippen LogP contribution is 2.20. The molecule has 2 N–H and O–H groups in total. The Morgan fingerprint density at radius 2 is 1.88 bits per heavy atom. The van der Waals surface area contributed by atoms with Gasteiger partial charge in [0.1, 0.15) is 0 Å². The third kappa shape index (κ3) is 7.00. The van der Waals surface area contributed by atoms with Crippen molar-refractivity contribution in [3.05, 3.63) is 65.7 Å². The molecule has 1 aliphatic rings. The second kappa shape index (κ2) is 11.2. The maximum atomic E-state index is 12.2. The van der Waals surface area contributed by atoms with Crippen LogP contribution in [0.2, 0.25) is 0 Å². The maximum absolute atomic E-state index is 12.2. The molecule has 2 aromatic carbocycles. The van der Waals surface area contributed by atoms with Crippen molar-refractivity contribution in [2.24, 2.45) is 0 Å². The number of thioether (sulfide) groups is 1. The molecule has 1 saturated heterocycles. The Labute approximate surface area is 165 Å². The minimum Gasteiger partial charge on any atom is -0.378 e. The third-order valence-corrected chi connectivity index (χ3v) is 5.10. The molecule has 0 spiro atoms. The highest BCUT2D eigenvalue weighted by molar-refractivity contribution is 7.97. The van der Waals surface area contributed by atoms with Crippen molar-refractivity contribution in [2.45, 2.75) is 24.0 Å². The summed E-state index contributed by atoms with van der Waals surface area (Å²) in [7, 11) is 0. The van der Waals surface area contributed by atoms with E-state index in [2.05, 4.69) is 47.0 Å². The monoisotopic (exact) mass is 392 g/mol. The fraction of sp³-hybridized carbons (Fsp3) is 0.350. The van der Waals surface area contributed by atoms with Crippen LogP contribution < -0.4 is 10.6 Å². The first-order valence-electron chi connectivity index (χ1n) is 8.61. The molecule has 1 heterocycles. The van der Waals surface area contributed by atoms with E-state index in [9.17, 15) is 4.79 Å². The van der Waals surface area contributed by atoms with Crippen molar-refractivity contribution in [3.63, 3.8) is 0 Å². The predicted octanol–water partition coefficient (Wildman–Crippen LogP) is 3.86.